The zero-order chi connectivity index (χ0) is 14.7. The van der Waals surface area contributed by atoms with Gasteiger partial charge in [-0.1, -0.05) is 18.2 Å². The molecule has 6 heteroatoms. The van der Waals surface area contributed by atoms with E-state index in [0.29, 0.717) is 13.2 Å². The third kappa shape index (κ3) is 3.66. The molecule has 2 heterocycles. The van der Waals surface area contributed by atoms with Gasteiger partial charge >= 0.3 is 0 Å². The van der Waals surface area contributed by atoms with E-state index in [9.17, 15) is 0 Å². The van der Waals surface area contributed by atoms with Crippen molar-refractivity contribution < 1.29 is 9.47 Å². The fraction of sp³-hybridized carbons (Fsp3) is 0.467. The number of aromatic nitrogens is 3. The number of para-hydroxylation sites is 1. The Hall–Kier alpha value is -1.76. The Labute approximate surface area is 124 Å². The van der Waals surface area contributed by atoms with Crippen LogP contribution in [0.2, 0.25) is 0 Å². The Morgan fingerprint density at radius 3 is 2.86 bits per heavy atom. The lowest BCUT2D eigenvalue weighted by Crippen LogP contribution is -2.30. The smallest absolute Gasteiger partial charge is 0.163 e. The van der Waals surface area contributed by atoms with Crippen LogP contribution in [0.3, 0.4) is 0 Å². The van der Waals surface area contributed by atoms with Gasteiger partial charge in [0.15, 0.2) is 5.79 Å². The summed E-state index contributed by atoms with van der Waals surface area (Å²) in [5, 5.41) is 12.0. The summed E-state index contributed by atoms with van der Waals surface area (Å²) in [5.41, 5.74) is 1.86. The molecule has 0 amide bonds. The second kappa shape index (κ2) is 5.93. The first-order chi connectivity index (χ1) is 10.1. The topological polar surface area (TPSA) is 61.2 Å². The summed E-state index contributed by atoms with van der Waals surface area (Å²) in [4.78, 5) is 1.63. The molecule has 1 unspecified atom stereocenters. The van der Waals surface area contributed by atoms with E-state index in [1.54, 1.807) is 11.0 Å². The van der Waals surface area contributed by atoms with E-state index < -0.39 is 5.79 Å². The zero-order valence-electron chi connectivity index (χ0n) is 12.3. The van der Waals surface area contributed by atoms with Gasteiger partial charge in [0.05, 0.1) is 30.3 Å². The summed E-state index contributed by atoms with van der Waals surface area (Å²) in [6, 6.07) is 9.86. The van der Waals surface area contributed by atoms with Crippen molar-refractivity contribution in [3.05, 3.63) is 42.2 Å². The summed E-state index contributed by atoms with van der Waals surface area (Å²) < 4.78 is 11.3. The van der Waals surface area contributed by atoms with Gasteiger partial charge in [0.2, 0.25) is 0 Å². The lowest BCUT2D eigenvalue weighted by atomic mass is 10.3. The van der Waals surface area contributed by atoms with Crippen molar-refractivity contribution >= 4 is 0 Å². The molecule has 1 aromatic carbocycles. The molecule has 1 aromatic heterocycles. The van der Waals surface area contributed by atoms with Gasteiger partial charge < -0.3 is 14.8 Å². The summed E-state index contributed by atoms with van der Waals surface area (Å²) in [6.07, 6.45) is 1.86. The molecule has 1 aliphatic rings. The van der Waals surface area contributed by atoms with E-state index in [-0.39, 0.29) is 6.10 Å². The maximum atomic E-state index is 5.74. The lowest BCUT2D eigenvalue weighted by molar-refractivity contribution is -0.137. The maximum absolute atomic E-state index is 5.74. The zero-order valence-corrected chi connectivity index (χ0v) is 12.3. The molecule has 1 atom stereocenters. The highest BCUT2D eigenvalue weighted by molar-refractivity contribution is 5.28. The number of nitrogens with one attached hydrogen (secondary N) is 1. The molecule has 0 saturated carbocycles. The highest BCUT2D eigenvalue weighted by atomic mass is 16.7. The fourth-order valence-corrected chi connectivity index (χ4v) is 2.29. The van der Waals surface area contributed by atoms with Gasteiger partial charge in [-0.25, -0.2) is 0 Å². The first kappa shape index (κ1) is 14.2. The predicted octanol–water partition coefficient (Wildman–Crippen LogP) is 1.51. The van der Waals surface area contributed by atoms with Gasteiger partial charge in [-0.3, -0.25) is 0 Å². The van der Waals surface area contributed by atoms with Gasteiger partial charge in [-0.2, -0.15) is 15.0 Å². The molecule has 1 saturated heterocycles. The fourth-order valence-electron chi connectivity index (χ4n) is 2.29. The molecule has 1 aliphatic heterocycles. The van der Waals surface area contributed by atoms with E-state index in [4.69, 9.17) is 9.47 Å². The molecule has 0 aliphatic carbocycles. The highest BCUT2D eigenvalue weighted by Crippen LogP contribution is 2.21. The van der Waals surface area contributed by atoms with Gasteiger partial charge in [0.1, 0.15) is 0 Å². The van der Waals surface area contributed by atoms with Crippen LogP contribution in [-0.2, 0) is 16.0 Å². The average Bonchev–Trinajstić information content (AvgIpc) is 3.07. The first-order valence-electron chi connectivity index (χ1n) is 7.11. The molecular formula is C15H20N4O2. The van der Waals surface area contributed by atoms with Crippen molar-refractivity contribution in [1.29, 1.82) is 0 Å². The minimum Gasteiger partial charge on any atom is -0.348 e. The van der Waals surface area contributed by atoms with Crippen molar-refractivity contribution in [3.63, 3.8) is 0 Å². The minimum atomic E-state index is -0.469. The predicted molar refractivity (Wildman–Crippen MR) is 78.0 cm³/mol. The molecule has 21 heavy (non-hydrogen) atoms. The van der Waals surface area contributed by atoms with Crippen molar-refractivity contribution in [2.75, 3.05) is 13.2 Å². The summed E-state index contributed by atoms with van der Waals surface area (Å²) in [7, 11) is 0. The van der Waals surface area contributed by atoms with Crippen molar-refractivity contribution in [2.45, 2.75) is 32.3 Å². The number of hydrogen-bond donors (Lipinski definition) is 1. The Morgan fingerprint density at radius 1 is 1.33 bits per heavy atom. The van der Waals surface area contributed by atoms with Crippen LogP contribution in [0.5, 0.6) is 0 Å². The number of nitrogens with zero attached hydrogens (tertiary/aromatic N) is 3. The van der Waals surface area contributed by atoms with Gasteiger partial charge in [-0.15, -0.1) is 0 Å². The third-order valence-corrected chi connectivity index (χ3v) is 3.27. The van der Waals surface area contributed by atoms with E-state index in [0.717, 1.165) is 17.9 Å². The van der Waals surface area contributed by atoms with Crippen LogP contribution in [0.1, 0.15) is 19.5 Å². The molecule has 0 radical (unpaired) electrons. The molecule has 112 valence electrons. The van der Waals surface area contributed by atoms with Crippen LogP contribution in [0, 0.1) is 0 Å². The van der Waals surface area contributed by atoms with Gasteiger partial charge in [-0.05, 0) is 26.0 Å². The molecule has 0 bridgehead atoms. The Balaban J connectivity index is 1.50. The molecule has 0 spiro atoms. The van der Waals surface area contributed by atoms with E-state index in [2.05, 4.69) is 15.5 Å². The maximum Gasteiger partial charge on any atom is 0.163 e. The summed E-state index contributed by atoms with van der Waals surface area (Å²) in [5.74, 6) is -0.469. The monoisotopic (exact) mass is 288 g/mol. The first-order valence-corrected chi connectivity index (χ1v) is 7.11. The van der Waals surface area contributed by atoms with Crippen molar-refractivity contribution in [3.8, 4) is 5.69 Å². The SMILES string of the molecule is CC1(C)OCC(CNCc2cnn(-c3ccccc3)n2)O1. The van der Waals surface area contributed by atoms with Crippen molar-refractivity contribution in [2.24, 2.45) is 0 Å². The molecule has 1 fully saturated rings. The summed E-state index contributed by atoms with van der Waals surface area (Å²) >= 11 is 0. The van der Waals surface area contributed by atoms with Crippen LogP contribution < -0.4 is 5.32 Å². The standard InChI is InChI=1S/C15H20N4O2/c1-15(2)20-11-14(21-15)10-16-8-12-9-17-19(18-12)13-6-4-3-5-7-13/h3-7,9,14,16H,8,10-11H2,1-2H3. The Kier molecular flexibility index (Phi) is 4.01. The highest BCUT2D eigenvalue weighted by Gasteiger charge is 2.32. The molecule has 1 N–H and O–H groups in total. The normalized spacial score (nSPS) is 20.8. The number of ether oxygens (including phenoxy) is 2. The molecule has 3 rings (SSSR count). The largest absolute Gasteiger partial charge is 0.348 e. The summed E-state index contributed by atoms with van der Waals surface area (Å²) in [6.45, 7) is 5.88. The van der Waals surface area contributed by atoms with Gasteiger partial charge in [0.25, 0.3) is 0 Å². The van der Waals surface area contributed by atoms with E-state index >= 15 is 0 Å². The van der Waals surface area contributed by atoms with Gasteiger partial charge in [0, 0.05) is 13.1 Å². The van der Waals surface area contributed by atoms with Crippen molar-refractivity contribution in [1.82, 2.24) is 20.3 Å². The average molecular weight is 288 g/mol. The Morgan fingerprint density at radius 2 is 2.14 bits per heavy atom. The second-order valence-electron chi connectivity index (χ2n) is 5.54. The number of hydrogen-bond acceptors (Lipinski definition) is 5. The minimum absolute atomic E-state index is 0.0872. The van der Waals surface area contributed by atoms with Crippen LogP contribution in [0.15, 0.2) is 36.5 Å². The molecule has 2 aromatic rings. The van der Waals surface area contributed by atoms with Crippen LogP contribution in [-0.4, -0.2) is 40.0 Å². The van der Waals surface area contributed by atoms with E-state index in [1.807, 2.05) is 44.2 Å². The van der Waals surface area contributed by atoms with E-state index in [1.165, 1.54) is 0 Å². The second-order valence-corrected chi connectivity index (χ2v) is 5.54. The van der Waals surface area contributed by atoms with Crippen LogP contribution in [0.4, 0.5) is 0 Å². The molecular weight excluding hydrogens is 268 g/mol. The molecule has 6 nitrogen and oxygen atoms in total. The quantitative estimate of drug-likeness (QED) is 0.903. The Bertz CT molecular complexity index is 582. The number of benzene rings is 1. The third-order valence-electron chi connectivity index (χ3n) is 3.27. The van der Waals surface area contributed by atoms with Crippen LogP contribution in [0.25, 0.3) is 5.69 Å². The lowest BCUT2D eigenvalue weighted by Gasteiger charge is -2.17. The van der Waals surface area contributed by atoms with Crippen LogP contribution >= 0.6 is 0 Å². The number of rotatable bonds is 5.